The van der Waals surface area contributed by atoms with Crippen LogP contribution in [0.25, 0.3) is 0 Å². The third-order valence-electron chi connectivity index (χ3n) is 1.42. The van der Waals surface area contributed by atoms with E-state index < -0.39 is 0 Å². The molecule has 0 saturated heterocycles. The molecule has 0 aliphatic carbocycles. The van der Waals surface area contributed by atoms with E-state index in [9.17, 15) is 0 Å². The molecule has 0 unspecified atom stereocenters. The van der Waals surface area contributed by atoms with E-state index in [2.05, 4.69) is 11.8 Å². The van der Waals surface area contributed by atoms with Crippen molar-refractivity contribution in [3.8, 4) is 0 Å². The minimum Gasteiger partial charge on any atom is -0.535 e. The summed E-state index contributed by atoms with van der Waals surface area (Å²) in [5, 5.41) is 0. The monoisotopic (exact) mass is 247 g/mol. The Morgan fingerprint density at radius 2 is 1.73 bits per heavy atom. The Balaban J connectivity index is 0. The molecule has 3 nitrogen and oxygen atoms in total. The second kappa shape index (κ2) is 11.6. The Morgan fingerprint density at radius 1 is 1.20 bits per heavy atom. The number of hydrogen-bond acceptors (Lipinski definition) is 3. The molecule has 0 aliphatic heterocycles. The average Bonchev–Trinajstić information content (AvgIpc) is 2.24. The molecular formula is C11H18NO2V-. The van der Waals surface area contributed by atoms with Crippen LogP contribution in [0.4, 0.5) is 5.69 Å². The smallest absolute Gasteiger partial charge is 0.117 e. The van der Waals surface area contributed by atoms with Crippen LogP contribution in [0.15, 0.2) is 24.3 Å². The standard InChI is InChI=1S/C9H12NO2.C2H6.V/c1-11-7-12-6-8-2-4-9(10)5-3-8;1-2;/h2-5H,1,6-7,10H2;1-2H3;/q-1;;. The summed E-state index contributed by atoms with van der Waals surface area (Å²) in [6, 6.07) is 7.50. The van der Waals surface area contributed by atoms with E-state index in [1.165, 1.54) is 0 Å². The summed E-state index contributed by atoms with van der Waals surface area (Å²) in [6.45, 7) is 4.74. The van der Waals surface area contributed by atoms with E-state index >= 15 is 0 Å². The maximum absolute atomic E-state index is 5.51. The quantitative estimate of drug-likeness (QED) is 0.385. The van der Waals surface area contributed by atoms with Crippen molar-refractivity contribution in [2.24, 2.45) is 0 Å². The Labute approximate surface area is 104 Å². The first kappa shape index (κ1) is 16.9. The van der Waals surface area contributed by atoms with Gasteiger partial charge < -0.3 is 15.2 Å². The SMILES string of the molecule is CC.[CH2-]OCOCc1ccc(N)cc1.[V]. The summed E-state index contributed by atoms with van der Waals surface area (Å²) in [7, 11) is 3.19. The van der Waals surface area contributed by atoms with E-state index in [0.717, 1.165) is 11.3 Å². The Hall–Kier alpha value is -0.476. The molecule has 1 aromatic rings. The average molecular weight is 247 g/mol. The van der Waals surface area contributed by atoms with Gasteiger partial charge in [-0.05, 0) is 17.7 Å². The van der Waals surface area contributed by atoms with Gasteiger partial charge in [0.2, 0.25) is 0 Å². The van der Waals surface area contributed by atoms with Gasteiger partial charge in [0.15, 0.2) is 0 Å². The van der Waals surface area contributed by atoms with Crippen LogP contribution >= 0.6 is 0 Å². The van der Waals surface area contributed by atoms with Crippen molar-refractivity contribution in [2.45, 2.75) is 20.5 Å². The molecule has 0 amide bonds. The van der Waals surface area contributed by atoms with Crippen LogP contribution in [-0.4, -0.2) is 6.79 Å². The summed E-state index contributed by atoms with van der Waals surface area (Å²) in [6.07, 6.45) is 0. The maximum Gasteiger partial charge on any atom is 0.117 e. The second-order valence-corrected chi connectivity index (χ2v) is 2.41. The van der Waals surface area contributed by atoms with Gasteiger partial charge in [-0.2, -0.15) is 0 Å². The van der Waals surface area contributed by atoms with Crippen molar-refractivity contribution in [3.63, 3.8) is 0 Å². The molecule has 4 heteroatoms. The van der Waals surface area contributed by atoms with Gasteiger partial charge in [-0.25, -0.2) is 7.11 Å². The zero-order chi connectivity index (χ0) is 10.8. The van der Waals surface area contributed by atoms with Crippen molar-refractivity contribution >= 4 is 5.69 Å². The van der Waals surface area contributed by atoms with Gasteiger partial charge in [-0.15, -0.1) is 0 Å². The molecule has 0 bridgehead atoms. The topological polar surface area (TPSA) is 44.5 Å². The van der Waals surface area contributed by atoms with Crippen molar-refractivity contribution in [1.82, 2.24) is 0 Å². The van der Waals surface area contributed by atoms with Gasteiger partial charge in [-0.1, -0.05) is 26.0 Å². The third kappa shape index (κ3) is 8.51. The van der Waals surface area contributed by atoms with Gasteiger partial charge in [-0.3, -0.25) is 0 Å². The van der Waals surface area contributed by atoms with Crippen LogP contribution in [-0.2, 0) is 34.6 Å². The van der Waals surface area contributed by atoms with Crippen molar-refractivity contribution in [1.29, 1.82) is 0 Å². The molecular weight excluding hydrogens is 229 g/mol. The Kier molecular flexibility index (Phi) is 13.1. The predicted molar refractivity (Wildman–Crippen MR) is 58.3 cm³/mol. The molecule has 15 heavy (non-hydrogen) atoms. The number of nitrogens with two attached hydrogens (primary N) is 1. The van der Waals surface area contributed by atoms with Gasteiger partial charge in [0, 0.05) is 24.2 Å². The molecule has 1 radical (unpaired) electrons. The first-order valence-electron chi connectivity index (χ1n) is 4.62. The summed E-state index contributed by atoms with van der Waals surface area (Å²) < 4.78 is 9.57. The van der Waals surface area contributed by atoms with Crippen LogP contribution in [0.3, 0.4) is 0 Å². The van der Waals surface area contributed by atoms with Crippen molar-refractivity contribution in [3.05, 3.63) is 36.9 Å². The number of nitrogen functional groups attached to an aromatic ring is 1. The fraction of sp³-hybridized carbons (Fsp3) is 0.364. The zero-order valence-corrected chi connectivity index (χ0v) is 10.7. The number of hydrogen-bond donors (Lipinski definition) is 1. The van der Waals surface area contributed by atoms with Crippen LogP contribution < -0.4 is 5.73 Å². The van der Waals surface area contributed by atoms with Gasteiger partial charge in [0.1, 0.15) is 6.79 Å². The number of anilines is 1. The van der Waals surface area contributed by atoms with Gasteiger partial charge >= 0.3 is 0 Å². The summed E-state index contributed by atoms with van der Waals surface area (Å²) in [5.74, 6) is 0. The number of ether oxygens (including phenoxy) is 2. The van der Waals surface area contributed by atoms with E-state index in [4.69, 9.17) is 10.5 Å². The first-order valence-corrected chi connectivity index (χ1v) is 4.62. The van der Waals surface area contributed by atoms with E-state index in [0.29, 0.717) is 6.61 Å². The molecule has 0 aliphatic rings. The Bertz CT molecular complexity index is 227. The fourth-order valence-corrected chi connectivity index (χ4v) is 0.832. The molecule has 0 saturated carbocycles. The molecule has 85 valence electrons. The van der Waals surface area contributed by atoms with E-state index in [1.54, 1.807) is 0 Å². The Morgan fingerprint density at radius 3 is 2.20 bits per heavy atom. The molecule has 0 fully saturated rings. The van der Waals surface area contributed by atoms with Crippen molar-refractivity contribution in [2.75, 3.05) is 12.5 Å². The van der Waals surface area contributed by atoms with Gasteiger partial charge in [0.05, 0.1) is 6.61 Å². The normalized spacial score (nSPS) is 8.47. The molecule has 0 aromatic heterocycles. The number of rotatable bonds is 4. The second-order valence-electron chi connectivity index (χ2n) is 2.41. The predicted octanol–water partition coefficient (Wildman–Crippen LogP) is 2.57. The van der Waals surface area contributed by atoms with Crippen LogP contribution in [0, 0.1) is 7.11 Å². The summed E-state index contributed by atoms with van der Waals surface area (Å²) in [4.78, 5) is 0. The van der Waals surface area contributed by atoms with E-state index in [1.807, 2.05) is 38.1 Å². The molecule has 1 aromatic carbocycles. The van der Waals surface area contributed by atoms with E-state index in [-0.39, 0.29) is 25.3 Å². The summed E-state index contributed by atoms with van der Waals surface area (Å²) in [5.41, 5.74) is 7.33. The van der Waals surface area contributed by atoms with Crippen LogP contribution in [0.1, 0.15) is 19.4 Å². The first-order chi connectivity index (χ1) is 6.83. The van der Waals surface area contributed by atoms with Gasteiger partial charge in [0.25, 0.3) is 0 Å². The minimum atomic E-state index is 0. The zero-order valence-electron chi connectivity index (χ0n) is 9.27. The molecule has 0 heterocycles. The molecule has 1 rings (SSSR count). The van der Waals surface area contributed by atoms with Crippen LogP contribution in [0.5, 0.6) is 0 Å². The van der Waals surface area contributed by atoms with Crippen LogP contribution in [0.2, 0.25) is 0 Å². The fourth-order valence-electron chi connectivity index (χ4n) is 0.832. The summed E-state index contributed by atoms with van der Waals surface area (Å²) >= 11 is 0. The third-order valence-corrected chi connectivity index (χ3v) is 1.42. The molecule has 0 atom stereocenters. The minimum absolute atomic E-state index is 0. The molecule has 0 spiro atoms. The maximum atomic E-state index is 5.51. The number of benzene rings is 1. The van der Waals surface area contributed by atoms with Crippen molar-refractivity contribution < 1.29 is 28.0 Å². The molecule has 2 N–H and O–H groups in total. The largest absolute Gasteiger partial charge is 0.535 e.